The number of hydrogen-bond donors (Lipinski definition) is 1. The predicted molar refractivity (Wildman–Crippen MR) is 109 cm³/mol. The summed E-state index contributed by atoms with van der Waals surface area (Å²) in [7, 11) is 1.71. The first-order valence-corrected chi connectivity index (χ1v) is 10.2. The van der Waals surface area contributed by atoms with Crippen molar-refractivity contribution in [3.05, 3.63) is 29.6 Å². The molecule has 28 heavy (non-hydrogen) atoms. The van der Waals surface area contributed by atoms with Crippen molar-refractivity contribution in [1.29, 1.82) is 0 Å². The number of hydrogen-bond acceptors (Lipinski definition) is 4. The molecule has 1 heterocycles. The van der Waals surface area contributed by atoms with Gasteiger partial charge < -0.3 is 24.4 Å². The molecular formula is C21H34FN3O3. The van der Waals surface area contributed by atoms with Crippen molar-refractivity contribution >= 4 is 5.96 Å². The zero-order valence-corrected chi connectivity index (χ0v) is 17.4. The minimum atomic E-state index is -0.342. The zero-order valence-electron chi connectivity index (χ0n) is 17.4. The molecule has 0 bridgehead atoms. The largest absolute Gasteiger partial charge is 0.491 e. The standard InChI is InChI=1S/C21H34FN3O3/c1-4-23-21(24-16-17-7-8-20(27-5-2)19(22)15-17)25-11-9-18(10-12-25)28-14-6-13-26-3/h7-8,15,18H,4-6,9-14,16H2,1-3H3,(H,23,24). The Labute approximate surface area is 168 Å². The van der Waals surface area contributed by atoms with Gasteiger partial charge in [0.25, 0.3) is 0 Å². The number of rotatable bonds is 10. The van der Waals surface area contributed by atoms with E-state index >= 15 is 0 Å². The Bertz CT molecular complexity index is 605. The van der Waals surface area contributed by atoms with Gasteiger partial charge in [0.1, 0.15) is 0 Å². The number of likely N-dealkylation sites (tertiary alicyclic amines) is 1. The van der Waals surface area contributed by atoms with E-state index in [0.717, 1.165) is 63.6 Å². The van der Waals surface area contributed by atoms with Crippen molar-refractivity contribution in [3.63, 3.8) is 0 Å². The van der Waals surface area contributed by atoms with Crippen molar-refractivity contribution < 1.29 is 18.6 Å². The van der Waals surface area contributed by atoms with Gasteiger partial charge in [0.15, 0.2) is 17.5 Å². The minimum absolute atomic E-state index is 0.287. The second-order valence-electron chi connectivity index (χ2n) is 6.77. The van der Waals surface area contributed by atoms with E-state index in [1.54, 1.807) is 13.2 Å². The molecule has 1 saturated heterocycles. The van der Waals surface area contributed by atoms with E-state index in [-0.39, 0.29) is 11.6 Å². The number of guanidine groups is 1. The predicted octanol–water partition coefficient (Wildman–Crippen LogP) is 3.21. The molecule has 1 aliphatic rings. The van der Waals surface area contributed by atoms with Gasteiger partial charge in [-0.15, -0.1) is 0 Å². The number of halogens is 1. The van der Waals surface area contributed by atoms with E-state index < -0.39 is 0 Å². The van der Waals surface area contributed by atoms with E-state index in [9.17, 15) is 4.39 Å². The summed E-state index contributed by atoms with van der Waals surface area (Å²) < 4.78 is 30.3. The third-order valence-corrected chi connectivity index (χ3v) is 4.63. The maximum atomic E-state index is 14.0. The first kappa shape index (κ1) is 22.4. The third-order valence-electron chi connectivity index (χ3n) is 4.63. The highest BCUT2D eigenvalue weighted by molar-refractivity contribution is 5.80. The summed E-state index contributed by atoms with van der Waals surface area (Å²) in [5, 5.41) is 3.34. The SMILES string of the molecule is CCNC(=NCc1ccc(OCC)c(F)c1)N1CCC(OCCCOC)CC1. The second-order valence-corrected chi connectivity index (χ2v) is 6.77. The average molecular weight is 396 g/mol. The lowest BCUT2D eigenvalue weighted by atomic mass is 10.1. The highest BCUT2D eigenvalue weighted by atomic mass is 19.1. The van der Waals surface area contributed by atoms with Crippen LogP contribution in [0.5, 0.6) is 5.75 Å². The van der Waals surface area contributed by atoms with Crippen LogP contribution in [0.1, 0.15) is 38.7 Å². The lowest BCUT2D eigenvalue weighted by molar-refractivity contribution is 0.00990. The van der Waals surface area contributed by atoms with Crippen LogP contribution in [0, 0.1) is 5.82 Å². The van der Waals surface area contributed by atoms with Gasteiger partial charge >= 0.3 is 0 Å². The maximum Gasteiger partial charge on any atom is 0.194 e. The summed E-state index contributed by atoms with van der Waals surface area (Å²) in [5.74, 6) is 0.815. The molecule has 1 N–H and O–H groups in total. The number of nitrogens with one attached hydrogen (secondary N) is 1. The second kappa shape index (κ2) is 12.6. The smallest absolute Gasteiger partial charge is 0.194 e. The highest BCUT2D eigenvalue weighted by Gasteiger charge is 2.21. The van der Waals surface area contributed by atoms with Gasteiger partial charge in [0.2, 0.25) is 0 Å². The summed E-state index contributed by atoms with van der Waals surface area (Å²) in [6.07, 6.45) is 3.19. The fourth-order valence-electron chi connectivity index (χ4n) is 3.19. The summed E-state index contributed by atoms with van der Waals surface area (Å²) in [4.78, 5) is 6.96. The molecule has 0 aliphatic carbocycles. The number of ether oxygens (including phenoxy) is 3. The Balaban J connectivity index is 1.88. The van der Waals surface area contributed by atoms with Crippen molar-refractivity contribution in [1.82, 2.24) is 10.2 Å². The van der Waals surface area contributed by atoms with Gasteiger partial charge in [-0.25, -0.2) is 9.38 Å². The molecule has 0 unspecified atom stereocenters. The molecule has 158 valence electrons. The summed E-state index contributed by atoms with van der Waals surface area (Å²) >= 11 is 0. The van der Waals surface area contributed by atoms with Gasteiger partial charge in [-0.3, -0.25) is 0 Å². The molecule has 0 atom stereocenters. The van der Waals surface area contributed by atoms with Crippen LogP contribution in [0.15, 0.2) is 23.2 Å². The lowest BCUT2D eigenvalue weighted by Gasteiger charge is -2.34. The summed E-state index contributed by atoms with van der Waals surface area (Å²) in [6.45, 7) is 8.86. The molecular weight excluding hydrogens is 361 g/mol. The molecule has 0 radical (unpaired) electrons. The van der Waals surface area contributed by atoms with Gasteiger partial charge in [-0.2, -0.15) is 0 Å². The van der Waals surface area contributed by atoms with Crippen molar-refractivity contribution in [2.75, 3.05) is 46.6 Å². The Kier molecular flexibility index (Phi) is 10.1. The van der Waals surface area contributed by atoms with Gasteiger partial charge in [0, 0.05) is 40.0 Å². The highest BCUT2D eigenvalue weighted by Crippen LogP contribution is 2.19. The monoisotopic (exact) mass is 395 g/mol. The van der Waals surface area contributed by atoms with Crippen LogP contribution in [-0.2, 0) is 16.0 Å². The molecule has 7 heteroatoms. The van der Waals surface area contributed by atoms with Crippen LogP contribution < -0.4 is 10.1 Å². The molecule has 0 aromatic heterocycles. The number of nitrogens with zero attached hydrogens (tertiary/aromatic N) is 2. The first-order valence-electron chi connectivity index (χ1n) is 10.2. The van der Waals surface area contributed by atoms with Crippen LogP contribution in [-0.4, -0.2) is 63.5 Å². The van der Waals surface area contributed by atoms with E-state index in [0.29, 0.717) is 19.3 Å². The molecule has 1 aliphatic heterocycles. The van der Waals surface area contributed by atoms with Crippen molar-refractivity contribution in [2.24, 2.45) is 4.99 Å². The first-order chi connectivity index (χ1) is 13.7. The maximum absolute atomic E-state index is 14.0. The lowest BCUT2D eigenvalue weighted by Crippen LogP contribution is -2.47. The minimum Gasteiger partial charge on any atom is -0.491 e. The molecule has 1 aromatic carbocycles. The van der Waals surface area contributed by atoms with Crippen LogP contribution in [0.4, 0.5) is 4.39 Å². The fraction of sp³-hybridized carbons (Fsp3) is 0.667. The zero-order chi connectivity index (χ0) is 20.2. The average Bonchev–Trinajstić information content (AvgIpc) is 2.71. The van der Waals surface area contributed by atoms with Crippen LogP contribution >= 0.6 is 0 Å². The van der Waals surface area contributed by atoms with Crippen LogP contribution in [0.2, 0.25) is 0 Å². The van der Waals surface area contributed by atoms with Crippen molar-refractivity contribution in [2.45, 2.75) is 45.8 Å². The summed E-state index contributed by atoms with van der Waals surface area (Å²) in [5.41, 5.74) is 0.827. The number of methoxy groups -OCH3 is 1. The van der Waals surface area contributed by atoms with E-state index in [4.69, 9.17) is 19.2 Å². The quantitative estimate of drug-likeness (QED) is 0.375. The normalized spacial score (nSPS) is 15.7. The van der Waals surface area contributed by atoms with Gasteiger partial charge in [-0.05, 0) is 50.8 Å². The van der Waals surface area contributed by atoms with E-state index in [1.807, 2.05) is 13.0 Å². The molecule has 0 saturated carbocycles. The Hall–Kier alpha value is -1.86. The molecule has 1 fully saturated rings. The number of aliphatic imine (C=N–C) groups is 1. The van der Waals surface area contributed by atoms with Crippen LogP contribution in [0.3, 0.4) is 0 Å². The summed E-state index contributed by atoms with van der Waals surface area (Å²) in [6, 6.07) is 5.03. The number of benzene rings is 1. The molecule has 6 nitrogen and oxygen atoms in total. The van der Waals surface area contributed by atoms with Crippen LogP contribution in [0.25, 0.3) is 0 Å². The third kappa shape index (κ3) is 7.28. The fourth-order valence-corrected chi connectivity index (χ4v) is 3.19. The molecule has 1 aromatic rings. The topological polar surface area (TPSA) is 55.3 Å². The Morgan fingerprint density at radius 1 is 1.25 bits per heavy atom. The van der Waals surface area contributed by atoms with E-state index in [2.05, 4.69) is 17.1 Å². The molecule has 2 rings (SSSR count). The Morgan fingerprint density at radius 2 is 2.04 bits per heavy atom. The molecule has 0 amide bonds. The molecule has 0 spiro atoms. The van der Waals surface area contributed by atoms with Gasteiger partial charge in [-0.1, -0.05) is 6.07 Å². The Morgan fingerprint density at radius 3 is 2.68 bits per heavy atom. The number of piperidine rings is 1. The van der Waals surface area contributed by atoms with E-state index in [1.165, 1.54) is 6.07 Å². The van der Waals surface area contributed by atoms with Crippen molar-refractivity contribution in [3.8, 4) is 5.75 Å². The van der Waals surface area contributed by atoms with Gasteiger partial charge in [0.05, 0.1) is 19.3 Å².